The molecule has 5 nitrogen and oxygen atoms in total. The van der Waals surface area contributed by atoms with Crippen molar-refractivity contribution in [3.05, 3.63) is 68.7 Å². The van der Waals surface area contributed by atoms with E-state index in [1.165, 1.54) is 18.2 Å². The van der Waals surface area contributed by atoms with Crippen molar-refractivity contribution in [2.45, 2.75) is 0 Å². The molecule has 0 atom stereocenters. The van der Waals surface area contributed by atoms with Crippen LogP contribution in [0.2, 0.25) is 5.02 Å². The van der Waals surface area contributed by atoms with Crippen LogP contribution in [0.25, 0.3) is 0 Å². The number of carbonyl (C=O) groups excluding carboxylic acids is 1. The van der Waals surface area contributed by atoms with Gasteiger partial charge in [0.15, 0.2) is 0 Å². The number of nitrogens with zero attached hydrogens (tertiary/aromatic N) is 1. The van der Waals surface area contributed by atoms with Crippen LogP contribution in [-0.4, -0.2) is 10.8 Å². The number of nitrogens with one attached hydrogen (secondary N) is 1. The van der Waals surface area contributed by atoms with Crippen molar-refractivity contribution >= 4 is 28.9 Å². The van der Waals surface area contributed by atoms with Crippen molar-refractivity contribution in [3.8, 4) is 0 Å². The lowest BCUT2D eigenvalue weighted by Crippen LogP contribution is -2.14. The Kier molecular flexibility index (Phi) is 4.13. The number of anilines is 1. The Hall–Kier alpha value is -2.54. The maximum atomic E-state index is 13.0. The Morgan fingerprint density at radius 3 is 2.38 bits per heavy atom. The summed E-state index contributed by atoms with van der Waals surface area (Å²) in [7, 11) is 0. The third-order valence-corrected chi connectivity index (χ3v) is 2.84. The van der Waals surface area contributed by atoms with Crippen LogP contribution in [0.4, 0.5) is 20.2 Å². The standard InChI is InChI=1S/C13H7ClF2N2O3/c14-11-3-1-2-10(12(11)18(20)21)13(19)17-9-5-7(15)4-8(16)6-9/h1-6H,(H,17,19). The molecule has 0 heterocycles. The molecule has 0 saturated carbocycles. The summed E-state index contributed by atoms with van der Waals surface area (Å²) in [6.07, 6.45) is 0. The molecule has 0 aliphatic heterocycles. The quantitative estimate of drug-likeness (QED) is 0.692. The van der Waals surface area contributed by atoms with E-state index in [1.807, 2.05) is 0 Å². The van der Waals surface area contributed by atoms with Gasteiger partial charge in [-0.1, -0.05) is 17.7 Å². The molecule has 1 amide bonds. The predicted molar refractivity (Wildman–Crippen MR) is 72.4 cm³/mol. The number of nitro groups is 1. The molecule has 0 saturated heterocycles. The van der Waals surface area contributed by atoms with Crippen LogP contribution in [0.15, 0.2) is 36.4 Å². The van der Waals surface area contributed by atoms with Gasteiger partial charge in [0.2, 0.25) is 0 Å². The maximum Gasteiger partial charge on any atom is 0.300 e. The predicted octanol–water partition coefficient (Wildman–Crippen LogP) is 3.78. The highest BCUT2D eigenvalue weighted by Crippen LogP contribution is 2.28. The molecule has 2 rings (SSSR count). The molecule has 0 aliphatic rings. The minimum atomic E-state index is -0.894. The molecule has 0 unspecified atom stereocenters. The second-order valence-corrected chi connectivity index (χ2v) is 4.41. The van der Waals surface area contributed by atoms with Gasteiger partial charge in [-0.05, 0) is 24.3 Å². The molecule has 21 heavy (non-hydrogen) atoms. The molecule has 1 N–H and O–H groups in total. The molecular weight excluding hydrogens is 306 g/mol. The summed E-state index contributed by atoms with van der Waals surface area (Å²) in [5.74, 6) is -2.66. The van der Waals surface area contributed by atoms with Crippen LogP contribution >= 0.6 is 11.6 Å². The average molecular weight is 313 g/mol. The number of amides is 1. The Morgan fingerprint density at radius 2 is 1.81 bits per heavy atom. The Balaban J connectivity index is 2.37. The van der Waals surface area contributed by atoms with Gasteiger partial charge in [0.25, 0.3) is 5.91 Å². The molecule has 0 radical (unpaired) electrons. The third kappa shape index (κ3) is 3.32. The highest BCUT2D eigenvalue weighted by molar-refractivity contribution is 6.33. The summed E-state index contributed by atoms with van der Waals surface area (Å²) in [6.45, 7) is 0. The molecule has 0 bridgehead atoms. The van der Waals surface area contributed by atoms with Crippen LogP contribution < -0.4 is 5.32 Å². The Bertz CT molecular complexity index is 717. The van der Waals surface area contributed by atoms with Crippen molar-refractivity contribution < 1.29 is 18.5 Å². The normalized spacial score (nSPS) is 10.2. The lowest BCUT2D eigenvalue weighted by molar-refractivity contribution is -0.385. The van der Waals surface area contributed by atoms with E-state index in [4.69, 9.17) is 11.6 Å². The molecule has 0 fully saturated rings. The number of carbonyl (C=O) groups is 1. The van der Waals surface area contributed by atoms with Crippen molar-refractivity contribution in [1.82, 2.24) is 0 Å². The lowest BCUT2D eigenvalue weighted by Gasteiger charge is -2.07. The minimum Gasteiger partial charge on any atom is -0.322 e. The number of hydrogen-bond donors (Lipinski definition) is 1. The zero-order chi connectivity index (χ0) is 15.6. The van der Waals surface area contributed by atoms with Gasteiger partial charge in [0.1, 0.15) is 22.2 Å². The number of benzene rings is 2. The van der Waals surface area contributed by atoms with Gasteiger partial charge in [-0.3, -0.25) is 14.9 Å². The van der Waals surface area contributed by atoms with E-state index >= 15 is 0 Å². The van der Waals surface area contributed by atoms with Crippen molar-refractivity contribution in [2.24, 2.45) is 0 Å². The Labute approximate surface area is 122 Å². The van der Waals surface area contributed by atoms with Crippen molar-refractivity contribution in [3.63, 3.8) is 0 Å². The van der Waals surface area contributed by atoms with Gasteiger partial charge < -0.3 is 5.32 Å². The van der Waals surface area contributed by atoms with Crippen LogP contribution in [0.5, 0.6) is 0 Å². The maximum absolute atomic E-state index is 13.0. The van der Waals surface area contributed by atoms with E-state index in [2.05, 4.69) is 5.32 Å². The molecule has 0 aliphatic carbocycles. The van der Waals surface area contributed by atoms with Gasteiger partial charge in [-0.2, -0.15) is 0 Å². The number of para-hydroxylation sites is 1. The van der Waals surface area contributed by atoms with Crippen LogP contribution in [0, 0.1) is 21.7 Å². The SMILES string of the molecule is O=C(Nc1cc(F)cc(F)c1)c1cccc(Cl)c1[N+](=O)[O-]. The number of rotatable bonds is 3. The number of nitro benzene ring substituents is 1. The van der Waals surface area contributed by atoms with E-state index in [-0.39, 0.29) is 16.3 Å². The first-order valence-electron chi connectivity index (χ1n) is 5.59. The number of hydrogen-bond acceptors (Lipinski definition) is 3. The van der Waals surface area contributed by atoms with Crippen molar-refractivity contribution in [1.29, 1.82) is 0 Å². The smallest absolute Gasteiger partial charge is 0.300 e. The second-order valence-electron chi connectivity index (χ2n) is 4.01. The van der Waals surface area contributed by atoms with E-state index in [1.54, 1.807) is 0 Å². The molecule has 2 aromatic rings. The molecule has 108 valence electrons. The molecule has 8 heteroatoms. The summed E-state index contributed by atoms with van der Waals surface area (Å²) in [5.41, 5.74) is -1.04. The minimum absolute atomic E-state index is 0.160. The zero-order valence-electron chi connectivity index (χ0n) is 10.3. The summed E-state index contributed by atoms with van der Waals surface area (Å²) in [4.78, 5) is 22.1. The van der Waals surface area contributed by atoms with E-state index < -0.39 is 28.2 Å². The van der Waals surface area contributed by atoms with Crippen LogP contribution in [-0.2, 0) is 0 Å². The first-order valence-corrected chi connectivity index (χ1v) is 5.96. The van der Waals surface area contributed by atoms with Crippen LogP contribution in [0.3, 0.4) is 0 Å². The molecule has 2 aromatic carbocycles. The highest BCUT2D eigenvalue weighted by Gasteiger charge is 2.23. The van der Waals surface area contributed by atoms with Gasteiger partial charge in [0, 0.05) is 11.8 Å². The largest absolute Gasteiger partial charge is 0.322 e. The van der Waals surface area contributed by atoms with Gasteiger partial charge in [0.05, 0.1) is 4.92 Å². The first-order chi connectivity index (χ1) is 9.88. The fourth-order valence-corrected chi connectivity index (χ4v) is 1.95. The van der Waals surface area contributed by atoms with E-state index in [9.17, 15) is 23.7 Å². The molecule has 0 aromatic heterocycles. The topological polar surface area (TPSA) is 72.2 Å². The van der Waals surface area contributed by atoms with Gasteiger partial charge in [-0.15, -0.1) is 0 Å². The van der Waals surface area contributed by atoms with E-state index in [0.29, 0.717) is 6.07 Å². The highest BCUT2D eigenvalue weighted by atomic mass is 35.5. The number of halogens is 3. The summed E-state index contributed by atoms with van der Waals surface area (Å²) in [5, 5.41) is 12.9. The summed E-state index contributed by atoms with van der Waals surface area (Å²) >= 11 is 5.68. The summed E-state index contributed by atoms with van der Waals surface area (Å²) in [6, 6.07) is 6.22. The third-order valence-electron chi connectivity index (χ3n) is 2.53. The van der Waals surface area contributed by atoms with Gasteiger partial charge in [-0.25, -0.2) is 8.78 Å². The van der Waals surface area contributed by atoms with E-state index in [0.717, 1.165) is 12.1 Å². The lowest BCUT2D eigenvalue weighted by atomic mass is 10.1. The zero-order valence-corrected chi connectivity index (χ0v) is 11.0. The van der Waals surface area contributed by atoms with Crippen molar-refractivity contribution in [2.75, 3.05) is 5.32 Å². The fourth-order valence-electron chi connectivity index (χ4n) is 1.71. The monoisotopic (exact) mass is 312 g/mol. The Morgan fingerprint density at radius 1 is 1.19 bits per heavy atom. The average Bonchev–Trinajstić information content (AvgIpc) is 2.36. The molecule has 0 spiro atoms. The van der Waals surface area contributed by atoms with Gasteiger partial charge >= 0.3 is 5.69 Å². The second kappa shape index (κ2) is 5.84. The fraction of sp³-hybridized carbons (Fsp3) is 0. The van der Waals surface area contributed by atoms with Crippen LogP contribution in [0.1, 0.15) is 10.4 Å². The summed E-state index contributed by atoms with van der Waals surface area (Å²) < 4.78 is 26.1. The molecular formula is C13H7ClF2N2O3. The first kappa shape index (κ1) is 14.9.